The van der Waals surface area contributed by atoms with Crippen molar-refractivity contribution < 1.29 is 24.9 Å². The number of hydrogen-bond donors (Lipinski definition) is 3. The van der Waals surface area contributed by atoms with Crippen molar-refractivity contribution in [2.45, 2.75) is 89.3 Å². The van der Waals surface area contributed by atoms with Crippen molar-refractivity contribution >= 4 is 23.1 Å². The third kappa shape index (κ3) is 6.50. The molecule has 172 valence electrons. The van der Waals surface area contributed by atoms with Crippen LogP contribution in [0.1, 0.15) is 75.5 Å². The Morgan fingerprint density at radius 2 is 2.03 bits per heavy atom. The molecule has 0 amide bonds. The van der Waals surface area contributed by atoms with Crippen LogP contribution in [0.4, 0.5) is 0 Å². The molecular formula is C25H36O5S. The highest BCUT2D eigenvalue weighted by molar-refractivity contribution is 7.09. The SMILES string of the molecule is O=C(O)CCCCCC[C@H]1C(=O)C[C@@H](O)[C@H]1C=CCC(O)C1(Cc2cccs2)CCC1. The van der Waals surface area contributed by atoms with Gasteiger partial charge in [-0.2, -0.15) is 0 Å². The smallest absolute Gasteiger partial charge is 0.303 e. The monoisotopic (exact) mass is 448 g/mol. The number of thiophene rings is 1. The van der Waals surface area contributed by atoms with Gasteiger partial charge >= 0.3 is 5.97 Å². The molecule has 1 aromatic rings. The van der Waals surface area contributed by atoms with E-state index in [-0.39, 0.29) is 35.9 Å². The molecule has 3 N–H and O–H groups in total. The third-order valence-electron chi connectivity index (χ3n) is 7.27. The second kappa shape index (κ2) is 11.4. The molecule has 31 heavy (non-hydrogen) atoms. The zero-order valence-electron chi connectivity index (χ0n) is 18.2. The number of aliphatic carboxylic acids is 1. The molecule has 6 heteroatoms. The fraction of sp³-hybridized carbons (Fsp3) is 0.680. The maximum Gasteiger partial charge on any atom is 0.303 e. The molecule has 2 fully saturated rings. The van der Waals surface area contributed by atoms with Crippen LogP contribution in [0.2, 0.25) is 0 Å². The van der Waals surface area contributed by atoms with Crippen molar-refractivity contribution in [2.24, 2.45) is 17.3 Å². The van der Waals surface area contributed by atoms with E-state index in [2.05, 4.69) is 17.5 Å². The molecule has 0 aliphatic heterocycles. The van der Waals surface area contributed by atoms with E-state index in [0.717, 1.165) is 51.4 Å². The van der Waals surface area contributed by atoms with Crippen molar-refractivity contribution in [1.82, 2.24) is 0 Å². The Balaban J connectivity index is 1.48. The normalized spacial score (nSPS) is 26.3. The Morgan fingerprint density at radius 1 is 1.26 bits per heavy atom. The Hall–Kier alpha value is -1.50. The van der Waals surface area contributed by atoms with E-state index < -0.39 is 18.2 Å². The molecule has 2 aliphatic carbocycles. The topological polar surface area (TPSA) is 94.8 Å². The minimum Gasteiger partial charge on any atom is -0.481 e. The summed E-state index contributed by atoms with van der Waals surface area (Å²) in [5, 5.41) is 32.1. The van der Waals surface area contributed by atoms with Gasteiger partial charge < -0.3 is 15.3 Å². The van der Waals surface area contributed by atoms with Gasteiger partial charge in [0.05, 0.1) is 12.2 Å². The van der Waals surface area contributed by atoms with Crippen molar-refractivity contribution in [2.75, 3.05) is 0 Å². The van der Waals surface area contributed by atoms with Crippen LogP contribution in [-0.4, -0.2) is 39.3 Å². The average molecular weight is 449 g/mol. The number of carbonyl (C=O) groups excluding carboxylic acids is 1. The van der Waals surface area contributed by atoms with E-state index in [4.69, 9.17) is 5.11 Å². The highest BCUT2D eigenvalue weighted by Gasteiger charge is 2.43. The number of ketones is 1. The maximum atomic E-state index is 12.4. The van der Waals surface area contributed by atoms with Gasteiger partial charge in [-0.1, -0.05) is 43.9 Å². The zero-order valence-corrected chi connectivity index (χ0v) is 19.1. The first-order valence-corrected chi connectivity index (χ1v) is 12.6. The number of carbonyl (C=O) groups is 2. The highest BCUT2D eigenvalue weighted by atomic mass is 32.1. The summed E-state index contributed by atoms with van der Waals surface area (Å²) < 4.78 is 0. The van der Waals surface area contributed by atoms with Gasteiger partial charge in [-0.25, -0.2) is 0 Å². The van der Waals surface area contributed by atoms with Crippen LogP contribution in [0, 0.1) is 17.3 Å². The third-order valence-corrected chi connectivity index (χ3v) is 8.15. The molecule has 5 nitrogen and oxygen atoms in total. The maximum absolute atomic E-state index is 12.4. The lowest BCUT2D eigenvalue weighted by atomic mass is 9.62. The van der Waals surface area contributed by atoms with Crippen molar-refractivity contribution in [3.8, 4) is 0 Å². The molecule has 1 aromatic heterocycles. The van der Waals surface area contributed by atoms with Gasteiger partial charge in [-0.15, -0.1) is 11.3 Å². The molecule has 0 bridgehead atoms. The molecular weight excluding hydrogens is 412 g/mol. The predicted octanol–water partition coefficient (Wildman–Crippen LogP) is 4.76. The molecule has 0 radical (unpaired) electrons. The van der Waals surface area contributed by atoms with Crippen LogP contribution in [-0.2, 0) is 16.0 Å². The van der Waals surface area contributed by atoms with Crippen LogP contribution in [0.15, 0.2) is 29.7 Å². The summed E-state index contributed by atoms with van der Waals surface area (Å²) in [4.78, 5) is 24.3. The minimum atomic E-state index is -0.763. The van der Waals surface area contributed by atoms with Crippen molar-refractivity contribution in [3.05, 3.63) is 34.5 Å². The second-order valence-corrected chi connectivity index (χ2v) is 10.5. The van der Waals surface area contributed by atoms with Crippen molar-refractivity contribution in [1.29, 1.82) is 0 Å². The average Bonchev–Trinajstić information content (AvgIpc) is 3.29. The number of unbranched alkanes of at least 4 members (excludes halogenated alkanes) is 3. The number of Topliss-reactive ketones (excluding diaryl/α,β-unsaturated/α-hetero) is 1. The summed E-state index contributed by atoms with van der Waals surface area (Å²) in [5.41, 5.74) is -0.0331. The summed E-state index contributed by atoms with van der Waals surface area (Å²) in [6, 6.07) is 4.20. The Labute approximate surface area is 189 Å². The predicted molar refractivity (Wildman–Crippen MR) is 122 cm³/mol. The largest absolute Gasteiger partial charge is 0.481 e. The molecule has 2 saturated carbocycles. The lowest BCUT2D eigenvalue weighted by Crippen LogP contribution is -2.42. The van der Waals surface area contributed by atoms with E-state index in [0.29, 0.717) is 12.8 Å². The molecule has 2 aliphatic rings. The van der Waals surface area contributed by atoms with E-state index in [9.17, 15) is 19.8 Å². The number of carboxylic acid groups (broad SMARTS) is 1. The van der Waals surface area contributed by atoms with Crippen LogP contribution in [0.5, 0.6) is 0 Å². The summed E-state index contributed by atoms with van der Waals surface area (Å²) in [6.45, 7) is 0. The molecule has 3 rings (SSSR count). The van der Waals surface area contributed by atoms with E-state index >= 15 is 0 Å². The first-order valence-electron chi connectivity index (χ1n) is 11.7. The highest BCUT2D eigenvalue weighted by Crippen LogP contribution is 2.48. The molecule has 0 saturated heterocycles. The van der Waals surface area contributed by atoms with E-state index in [1.165, 1.54) is 4.88 Å². The summed E-state index contributed by atoms with van der Waals surface area (Å²) in [6.07, 6.45) is 12.1. The number of hydrogen-bond acceptors (Lipinski definition) is 5. The Morgan fingerprint density at radius 3 is 2.68 bits per heavy atom. The summed E-state index contributed by atoms with van der Waals surface area (Å²) in [5.74, 6) is -0.970. The number of carboxylic acids is 1. The van der Waals surface area contributed by atoms with Gasteiger partial charge in [0.1, 0.15) is 5.78 Å². The summed E-state index contributed by atoms with van der Waals surface area (Å²) in [7, 11) is 0. The van der Waals surface area contributed by atoms with E-state index in [1.807, 2.05) is 12.2 Å². The summed E-state index contributed by atoms with van der Waals surface area (Å²) >= 11 is 1.75. The first kappa shape index (κ1) is 24.1. The number of aliphatic hydroxyl groups excluding tert-OH is 2. The van der Waals surface area contributed by atoms with Crippen LogP contribution in [0.3, 0.4) is 0 Å². The van der Waals surface area contributed by atoms with Gasteiger partial charge in [0.2, 0.25) is 0 Å². The number of aliphatic hydroxyl groups is 2. The fourth-order valence-corrected chi connectivity index (χ4v) is 6.08. The van der Waals surface area contributed by atoms with Gasteiger partial charge in [-0.3, -0.25) is 9.59 Å². The first-order chi connectivity index (χ1) is 14.9. The lowest BCUT2D eigenvalue weighted by molar-refractivity contribution is -0.137. The van der Waals surface area contributed by atoms with Crippen LogP contribution < -0.4 is 0 Å². The lowest BCUT2D eigenvalue weighted by Gasteiger charge is -2.45. The Kier molecular flexibility index (Phi) is 8.87. The zero-order chi connectivity index (χ0) is 22.3. The van der Waals surface area contributed by atoms with Gasteiger partial charge in [0.25, 0.3) is 0 Å². The molecule has 1 heterocycles. The van der Waals surface area contributed by atoms with Gasteiger partial charge in [-0.05, 0) is 50.0 Å². The van der Waals surface area contributed by atoms with Crippen LogP contribution in [0.25, 0.3) is 0 Å². The van der Waals surface area contributed by atoms with Crippen molar-refractivity contribution in [3.63, 3.8) is 0 Å². The molecule has 4 atom stereocenters. The minimum absolute atomic E-state index is 0.0331. The molecule has 0 spiro atoms. The number of rotatable bonds is 13. The van der Waals surface area contributed by atoms with Gasteiger partial charge in [0.15, 0.2) is 0 Å². The van der Waals surface area contributed by atoms with E-state index in [1.54, 1.807) is 11.3 Å². The standard InChI is InChI=1S/C25H36O5S/c26-21-16-22(27)20(19(21)9-3-1-2-4-12-24(29)30)10-5-11-23(28)25(13-7-14-25)17-18-8-6-15-31-18/h5-6,8,10,15,19-20,22-23,27-28H,1-4,7,9,11-14,16-17H2,(H,29,30)/t19-,20+,22-,23?/m1/s1. The Bertz CT molecular complexity index is 737. The second-order valence-electron chi connectivity index (χ2n) is 9.42. The fourth-order valence-electron chi connectivity index (χ4n) is 5.22. The van der Waals surface area contributed by atoms with Gasteiger partial charge in [0, 0.05) is 35.0 Å². The van der Waals surface area contributed by atoms with Crippen LogP contribution >= 0.6 is 11.3 Å². The quantitative estimate of drug-likeness (QED) is 0.299. The molecule has 1 unspecified atom stereocenters. The molecule has 0 aromatic carbocycles.